The van der Waals surface area contributed by atoms with Crippen LogP contribution in [-0.4, -0.2) is 40.1 Å². The standard InChI is InChI=1S/C27H23FN6O5/c28-15-1-3-16(4-2-15)34(26(38)27(10-11-27)25(30)37)17-5-7-18(8-6-17)39-21-9-12-31-23-19(21)13-20(33-23)24(36)32-14-22(29)35/h1-9,12-13H,10-11,14H2,(H2,29,35)(H2,30,37)(H,31,33)(H,32,36). The van der Waals surface area contributed by atoms with Gasteiger partial charge in [0.1, 0.15) is 34.1 Å². The molecule has 4 amide bonds. The lowest BCUT2D eigenvalue weighted by Crippen LogP contribution is -2.41. The molecule has 0 unspecified atom stereocenters. The van der Waals surface area contributed by atoms with Crippen LogP contribution < -0.4 is 26.4 Å². The summed E-state index contributed by atoms with van der Waals surface area (Å²) in [6, 6.07) is 15.0. The Morgan fingerprint density at radius 2 is 1.64 bits per heavy atom. The normalized spacial score (nSPS) is 13.5. The number of hydrogen-bond donors (Lipinski definition) is 4. The molecule has 5 rings (SSSR count). The SMILES string of the molecule is NC(=O)CNC(=O)c1cc2c(Oc3ccc(N(C(=O)C4(C(N)=O)CC4)c4ccc(F)cc4)cc3)ccnc2[nH]1. The van der Waals surface area contributed by atoms with Gasteiger partial charge in [0.25, 0.3) is 5.91 Å². The highest BCUT2D eigenvalue weighted by atomic mass is 19.1. The van der Waals surface area contributed by atoms with Crippen LogP contribution in [0.3, 0.4) is 0 Å². The topological polar surface area (TPSA) is 173 Å². The number of nitrogens with zero attached hydrogens (tertiary/aromatic N) is 2. The highest BCUT2D eigenvalue weighted by Gasteiger charge is 2.57. The molecule has 6 N–H and O–H groups in total. The zero-order chi connectivity index (χ0) is 27.7. The van der Waals surface area contributed by atoms with Gasteiger partial charge in [0.15, 0.2) is 0 Å². The zero-order valence-corrected chi connectivity index (χ0v) is 20.4. The van der Waals surface area contributed by atoms with Gasteiger partial charge in [-0.15, -0.1) is 0 Å². The minimum Gasteiger partial charge on any atom is -0.457 e. The third-order valence-electron chi connectivity index (χ3n) is 6.40. The van der Waals surface area contributed by atoms with Crippen LogP contribution in [-0.2, 0) is 14.4 Å². The van der Waals surface area contributed by atoms with Gasteiger partial charge in [-0.1, -0.05) is 0 Å². The molecule has 39 heavy (non-hydrogen) atoms. The molecular formula is C27H23FN6O5. The lowest BCUT2D eigenvalue weighted by Gasteiger charge is -2.26. The number of nitrogens with two attached hydrogens (primary N) is 2. The molecule has 11 nitrogen and oxygen atoms in total. The fourth-order valence-corrected chi connectivity index (χ4v) is 4.15. The summed E-state index contributed by atoms with van der Waals surface area (Å²) in [5, 5.41) is 2.92. The van der Waals surface area contributed by atoms with Crippen molar-refractivity contribution in [2.45, 2.75) is 12.8 Å². The average molecular weight is 531 g/mol. The van der Waals surface area contributed by atoms with E-state index in [1.807, 2.05) is 0 Å². The van der Waals surface area contributed by atoms with Gasteiger partial charge in [-0.05, 0) is 73.5 Å². The van der Waals surface area contributed by atoms with Crippen molar-refractivity contribution < 1.29 is 28.3 Å². The number of aromatic nitrogens is 2. The van der Waals surface area contributed by atoms with E-state index in [1.54, 1.807) is 30.3 Å². The molecule has 0 saturated heterocycles. The van der Waals surface area contributed by atoms with Crippen LogP contribution in [0.25, 0.3) is 11.0 Å². The number of hydrogen-bond acceptors (Lipinski definition) is 6. The Bertz CT molecular complexity index is 1600. The number of fused-ring (bicyclic) bond motifs is 1. The summed E-state index contributed by atoms with van der Waals surface area (Å²) in [6.45, 7) is -0.310. The number of carbonyl (C=O) groups excluding carboxylic acids is 4. The van der Waals surface area contributed by atoms with Crippen LogP contribution in [0.4, 0.5) is 15.8 Å². The molecule has 12 heteroatoms. The summed E-state index contributed by atoms with van der Waals surface area (Å²) < 4.78 is 19.6. The fraction of sp³-hybridized carbons (Fsp3) is 0.148. The Kier molecular flexibility index (Phi) is 6.44. The van der Waals surface area contributed by atoms with E-state index in [0.29, 0.717) is 46.7 Å². The minimum atomic E-state index is -1.29. The van der Waals surface area contributed by atoms with Crippen LogP contribution in [0.15, 0.2) is 66.9 Å². The van der Waals surface area contributed by atoms with Crippen molar-refractivity contribution >= 4 is 46.0 Å². The molecular weight excluding hydrogens is 507 g/mol. The number of aromatic amines is 1. The largest absolute Gasteiger partial charge is 0.457 e. The minimum absolute atomic E-state index is 0.169. The molecule has 1 fully saturated rings. The van der Waals surface area contributed by atoms with Gasteiger partial charge >= 0.3 is 0 Å². The fourth-order valence-electron chi connectivity index (χ4n) is 4.15. The number of carbonyl (C=O) groups is 4. The molecule has 0 radical (unpaired) electrons. The maximum Gasteiger partial charge on any atom is 0.268 e. The summed E-state index contributed by atoms with van der Waals surface area (Å²) in [5.41, 5.74) is 10.7. The van der Waals surface area contributed by atoms with Gasteiger partial charge in [0, 0.05) is 17.6 Å². The van der Waals surface area contributed by atoms with E-state index in [4.69, 9.17) is 16.2 Å². The highest BCUT2D eigenvalue weighted by Crippen LogP contribution is 2.49. The second kappa shape index (κ2) is 9.89. The monoisotopic (exact) mass is 530 g/mol. The number of ether oxygens (including phenoxy) is 1. The number of pyridine rings is 1. The first-order valence-electron chi connectivity index (χ1n) is 11.9. The highest BCUT2D eigenvalue weighted by molar-refractivity contribution is 6.16. The van der Waals surface area contributed by atoms with Crippen molar-refractivity contribution in [2.75, 3.05) is 11.4 Å². The van der Waals surface area contributed by atoms with E-state index < -0.39 is 34.9 Å². The van der Waals surface area contributed by atoms with Crippen molar-refractivity contribution in [3.8, 4) is 11.5 Å². The summed E-state index contributed by atoms with van der Waals surface area (Å²) in [5.74, 6) is -2.04. The van der Waals surface area contributed by atoms with Gasteiger partial charge in [-0.25, -0.2) is 9.37 Å². The summed E-state index contributed by atoms with van der Waals surface area (Å²) in [6.07, 6.45) is 2.19. The van der Waals surface area contributed by atoms with Crippen LogP contribution >= 0.6 is 0 Å². The number of primary amides is 2. The molecule has 0 spiro atoms. The molecule has 4 aromatic rings. The number of benzene rings is 2. The maximum atomic E-state index is 13.6. The average Bonchev–Trinajstić information content (AvgIpc) is 3.62. The van der Waals surface area contributed by atoms with E-state index in [9.17, 15) is 23.6 Å². The third kappa shape index (κ3) is 4.99. The Balaban J connectivity index is 1.42. The van der Waals surface area contributed by atoms with Crippen LogP contribution in [0, 0.1) is 11.2 Å². The summed E-state index contributed by atoms with van der Waals surface area (Å²) in [7, 11) is 0. The maximum absolute atomic E-state index is 13.6. The smallest absolute Gasteiger partial charge is 0.268 e. The van der Waals surface area contributed by atoms with Crippen LogP contribution in [0.5, 0.6) is 11.5 Å². The molecule has 198 valence electrons. The van der Waals surface area contributed by atoms with Gasteiger partial charge in [0.2, 0.25) is 17.7 Å². The first-order valence-corrected chi connectivity index (χ1v) is 11.9. The summed E-state index contributed by atoms with van der Waals surface area (Å²) in [4.78, 5) is 57.2. The molecule has 0 aliphatic heterocycles. The van der Waals surface area contributed by atoms with E-state index in [1.165, 1.54) is 41.4 Å². The van der Waals surface area contributed by atoms with Gasteiger partial charge in [-0.2, -0.15) is 0 Å². The zero-order valence-electron chi connectivity index (χ0n) is 20.4. The number of amides is 4. The molecule has 2 aromatic carbocycles. The second-order valence-electron chi connectivity index (χ2n) is 9.06. The molecule has 2 heterocycles. The van der Waals surface area contributed by atoms with Gasteiger partial charge in [-0.3, -0.25) is 24.1 Å². The summed E-state index contributed by atoms with van der Waals surface area (Å²) >= 11 is 0. The first kappa shape index (κ1) is 25.4. The van der Waals surface area contributed by atoms with Crippen LogP contribution in [0.1, 0.15) is 23.3 Å². The lowest BCUT2D eigenvalue weighted by molar-refractivity contribution is -0.133. The number of rotatable bonds is 9. The van der Waals surface area contributed by atoms with Crippen molar-refractivity contribution in [1.29, 1.82) is 0 Å². The quantitative estimate of drug-likeness (QED) is 0.242. The Morgan fingerprint density at radius 3 is 2.23 bits per heavy atom. The first-order chi connectivity index (χ1) is 18.7. The number of nitrogens with one attached hydrogen (secondary N) is 2. The van der Waals surface area contributed by atoms with E-state index >= 15 is 0 Å². The van der Waals surface area contributed by atoms with Crippen molar-refractivity contribution in [1.82, 2.24) is 15.3 Å². The molecule has 0 atom stereocenters. The predicted molar refractivity (Wildman–Crippen MR) is 139 cm³/mol. The molecule has 1 saturated carbocycles. The number of halogens is 1. The van der Waals surface area contributed by atoms with Crippen molar-refractivity contribution in [3.05, 3.63) is 78.4 Å². The second-order valence-corrected chi connectivity index (χ2v) is 9.06. The van der Waals surface area contributed by atoms with E-state index in [0.717, 1.165) is 0 Å². The van der Waals surface area contributed by atoms with E-state index in [2.05, 4.69) is 15.3 Å². The van der Waals surface area contributed by atoms with Gasteiger partial charge in [0.05, 0.1) is 11.9 Å². The molecule has 1 aliphatic carbocycles. The molecule has 2 aromatic heterocycles. The Hall–Kier alpha value is -5.26. The number of H-pyrrole nitrogens is 1. The van der Waals surface area contributed by atoms with E-state index in [-0.39, 0.29) is 12.2 Å². The van der Waals surface area contributed by atoms with Crippen molar-refractivity contribution in [3.63, 3.8) is 0 Å². The Morgan fingerprint density at radius 1 is 1.00 bits per heavy atom. The Labute approximate surface area is 220 Å². The van der Waals surface area contributed by atoms with Crippen LogP contribution in [0.2, 0.25) is 0 Å². The lowest BCUT2D eigenvalue weighted by atomic mass is 10.0. The predicted octanol–water partition coefficient (Wildman–Crippen LogP) is 2.64. The third-order valence-corrected chi connectivity index (χ3v) is 6.40. The molecule has 0 bridgehead atoms. The van der Waals surface area contributed by atoms with Crippen molar-refractivity contribution in [2.24, 2.45) is 16.9 Å². The molecule has 1 aliphatic rings. The van der Waals surface area contributed by atoms with Gasteiger partial charge < -0.3 is 26.5 Å². The number of anilines is 2.